The van der Waals surface area contributed by atoms with Crippen molar-refractivity contribution in [2.24, 2.45) is 5.92 Å². The summed E-state index contributed by atoms with van der Waals surface area (Å²) in [5, 5.41) is 0. The first-order valence-corrected chi connectivity index (χ1v) is 23.9. The zero-order chi connectivity index (χ0) is 44.3. The second-order valence-electron chi connectivity index (χ2n) is 15.5. The fraction of sp³-hybridized carbons (Fsp3) is 0.512. The minimum absolute atomic E-state index is 0.0187. The van der Waals surface area contributed by atoms with Gasteiger partial charge in [0.1, 0.15) is 25.4 Å². The summed E-state index contributed by atoms with van der Waals surface area (Å²) in [7, 11) is -8.52. The smallest absolute Gasteiger partial charge is 0.330 e. The van der Waals surface area contributed by atoms with Crippen LogP contribution in [0.3, 0.4) is 0 Å². The van der Waals surface area contributed by atoms with E-state index in [-0.39, 0.29) is 38.2 Å². The Hall–Kier alpha value is -4.93. The van der Waals surface area contributed by atoms with E-state index in [0.717, 1.165) is 64.1 Å². The van der Waals surface area contributed by atoms with Gasteiger partial charge in [-0.2, -0.15) is 4.31 Å². The quantitative estimate of drug-likeness (QED) is 0.0643. The molecule has 2 fully saturated rings. The highest BCUT2D eigenvalue weighted by molar-refractivity contribution is 7.89. The van der Waals surface area contributed by atoms with Crippen molar-refractivity contribution in [2.45, 2.75) is 103 Å². The van der Waals surface area contributed by atoms with E-state index in [1.54, 1.807) is 31.2 Å². The fourth-order valence-electron chi connectivity index (χ4n) is 6.93. The lowest BCUT2D eigenvalue weighted by Crippen LogP contribution is -2.45. The maximum atomic E-state index is 14.6. The molecule has 2 saturated carbocycles. The molecule has 6 rings (SSSR count). The number of sulfonamides is 2. The minimum atomic E-state index is -4.33. The molecule has 1 unspecified atom stereocenters. The Morgan fingerprint density at radius 3 is 2.23 bits per heavy atom. The van der Waals surface area contributed by atoms with Gasteiger partial charge in [0.15, 0.2) is 11.6 Å². The van der Waals surface area contributed by atoms with Crippen molar-refractivity contribution in [1.29, 1.82) is 0 Å². The van der Waals surface area contributed by atoms with Crippen molar-refractivity contribution in [3.05, 3.63) is 126 Å². The Bertz CT molecular complexity index is 2590. The van der Waals surface area contributed by atoms with Gasteiger partial charge in [-0.25, -0.2) is 35.5 Å². The highest BCUT2D eigenvalue weighted by Gasteiger charge is 2.33. The molecular formula is C41H53FN6O12S2. The molecule has 338 valence electrons. The average molecular weight is 905 g/mol. The van der Waals surface area contributed by atoms with Crippen LogP contribution in [-0.2, 0) is 49.5 Å². The third-order valence-electron chi connectivity index (χ3n) is 10.5. The predicted octanol–water partition coefficient (Wildman–Crippen LogP) is 3.29. The third-order valence-corrected chi connectivity index (χ3v) is 13.8. The van der Waals surface area contributed by atoms with Crippen molar-refractivity contribution in [3.8, 4) is 11.5 Å². The van der Waals surface area contributed by atoms with E-state index in [1.165, 1.54) is 30.6 Å². The molecule has 0 amide bonds. The van der Waals surface area contributed by atoms with Crippen LogP contribution in [0.1, 0.15) is 81.9 Å². The van der Waals surface area contributed by atoms with Crippen LogP contribution >= 0.6 is 0 Å². The minimum Gasteiger partial charge on any atom is -0.490 e. The van der Waals surface area contributed by atoms with E-state index >= 15 is 0 Å². The van der Waals surface area contributed by atoms with Gasteiger partial charge in [-0.05, 0) is 92.7 Å². The zero-order valence-corrected chi connectivity index (χ0v) is 36.0. The van der Waals surface area contributed by atoms with Crippen molar-refractivity contribution < 1.29 is 40.2 Å². The summed E-state index contributed by atoms with van der Waals surface area (Å²) < 4.78 is 101. The van der Waals surface area contributed by atoms with Gasteiger partial charge in [-0.3, -0.25) is 28.7 Å². The summed E-state index contributed by atoms with van der Waals surface area (Å²) in [4.78, 5) is 52.2. The molecule has 2 aromatic heterocycles. The number of rotatable bonds is 25. The van der Waals surface area contributed by atoms with Crippen LogP contribution in [0.25, 0.3) is 0 Å². The molecule has 4 aromatic rings. The fourth-order valence-corrected chi connectivity index (χ4v) is 9.88. The molecule has 62 heavy (non-hydrogen) atoms. The number of aromatic amines is 2. The highest BCUT2D eigenvalue weighted by atomic mass is 32.2. The number of nitrogens with zero attached hydrogens (tertiary/aromatic N) is 3. The first-order chi connectivity index (χ1) is 29.7. The molecule has 0 bridgehead atoms. The number of hydrogen-bond acceptors (Lipinski definition) is 12. The summed E-state index contributed by atoms with van der Waals surface area (Å²) in [5.74, 6) is -0.774. The maximum Gasteiger partial charge on any atom is 0.330 e. The normalized spacial score (nSPS) is 15.8. The van der Waals surface area contributed by atoms with Crippen molar-refractivity contribution in [3.63, 3.8) is 0 Å². The number of H-pyrrole nitrogens is 2. The average Bonchev–Trinajstić information content (AvgIpc) is 3.92. The summed E-state index contributed by atoms with van der Waals surface area (Å²) in [6.45, 7) is 0.901. The number of benzene rings is 2. The van der Waals surface area contributed by atoms with Gasteiger partial charge in [0.2, 0.25) is 20.0 Å². The predicted molar refractivity (Wildman–Crippen MR) is 226 cm³/mol. The Kier molecular flexibility index (Phi) is 16.1. The van der Waals surface area contributed by atoms with Crippen molar-refractivity contribution in [1.82, 2.24) is 28.1 Å². The van der Waals surface area contributed by atoms with Crippen LogP contribution in [0.5, 0.6) is 11.5 Å². The monoisotopic (exact) mass is 904 g/mol. The van der Waals surface area contributed by atoms with Crippen molar-refractivity contribution >= 4 is 20.0 Å². The second-order valence-corrected chi connectivity index (χ2v) is 19.4. The Morgan fingerprint density at radius 1 is 0.871 bits per heavy atom. The van der Waals surface area contributed by atoms with Crippen LogP contribution < -0.4 is 36.7 Å². The summed E-state index contributed by atoms with van der Waals surface area (Å²) in [6.07, 6.45) is 6.63. The molecule has 0 spiro atoms. The van der Waals surface area contributed by atoms with Crippen LogP contribution in [0.4, 0.5) is 4.39 Å². The topological polar surface area (TPSA) is 230 Å². The van der Waals surface area contributed by atoms with Gasteiger partial charge >= 0.3 is 11.4 Å². The van der Waals surface area contributed by atoms with E-state index in [9.17, 15) is 40.4 Å². The van der Waals surface area contributed by atoms with E-state index < -0.39 is 85.3 Å². The van der Waals surface area contributed by atoms with Crippen LogP contribution in [0.2, 0.25) is 0 Å². The second kappa shape index (κ2) is 21.4. The van der Waals surface area contributed by atoms with Crippen LogP contribution in [-0.4, -0.2) is 77.3 Å². The lowest BCUT2D eigenvalue weighted by atomic mass is 10.1. The van der Waals surface area contributed by atoms with Gasteiger partial charge in [0.25, 0.3) is 11.1 Å². The number of ether oxygens (including phenoxy) is 4. The number of nitrogens with one attached hydrogen (secondary N) is 3. The molecular weight excluding hydrogens is 852 g/mol. The molecule has 0 saturated heterocycles. The van der Waals surface area contributed by atoms with Gasteiger partial charge in [-0.1, -0.05) is 25.1 Å². The molecule has 21 heteroatoms. The molecule has 2 heterocycles. The first kappa shape index (κ1) is 46.6. The van der Waals surface area contributed by atoms with E-state index in [1.807, 2.05) is 0 Å². The zero-order valence-electron chi connectivity index (χ0n) is 34.4. The highest BCUT2D eigenvalue weighted by Crippen LogP contribution is 2.32. The summed E-state index contributed by atoms with van der Waals surface area (Å²) in [5.41, 5.74) is -1.79. The van der Waals surface area contributed by atoms with Crippen molar-refractivity contribution in [2.75, 3.05) is 24.7 Å². The SMILES string of the molecule is CCC(NS(=O)(=O)CC[C@@H](OCn1ccc(=O)[nH]c1=O)N(Cc1cccc(OC2CCCC2)c1)S(=O)(=O)CCCOCn1ccc(=O)[nH]c1=O)c1ccc(F)c(OCC2CC2)c1. The Labute approximate surface area is 358 Å². The molecule has 0 radical (unpaired) electrons. The Balaban J connectivity index is 1.24. The standard InChI is InChI=1S/C41H53FN6O12S2/c1-2-35(31-13-14-34(42)36(24-31)58-26-29-11-12-29)45-61(53,54)22-17-39(59-28-47-19-16-38(50)44-41(47)52)48(25-30-7-5-10-33(23-30)60-32-8-3-4-9-32)62(55,56)21-6-20-57-27-46-18-15-37(49)43-40(46)51/h5,7,10,13-16,18-19,23-24,29,32,35,39,45H,2-4,6,8-9,11-12,17,20-22,25-28H2,1H3,(H,43,49,51)(H,44,50,52)/t35?,39-/m1/s1. The van der Waals surface area contributed by atoms with E-state index in [0.29, 0.717) is 35.8 Å². The summed E-state index contributed by atoms with van der Waals surface area (Å²) >= 11 is 0. The maximum absolute atomic E-state index is 14.6. The number of hydrogen-bond donors (Lipinski definition) is 3. The molecule has 2 aromatic carbocycles. The summed E-state index contributed by atoms with van der Waals surface area (Å²) in [6, 6.07) is 12.5. The van der Waals surface area contributed by atoms with Gasteiger partial charge in [0.05, 0.1) is 24.2 Å². The molecule has 3 N–H and O–H groups in total. The number of halogens is 1. The Morgan fingerprint density at radius 2 is 1.56 bits per heavy atom. The van der Waals surface area contributed by atoms with Crippen LogP contribution in [0.15, 0.2) is 86.2 Å². The molecule has 0 aliphatic heterocycles. The first-order valence-electron chi connectivity index (χ1n) is 20.6. The third kappa shape index (κ3) is 13.8. The molecule has 18 nitrogen and oxygen atoms in total. The molecule has 2 aliphatic rings. The molecule has 2 aliphatic carbocycles. The lowest BCUT2D eigenvalue weighted by molar-refractivity contribution is -0.0597. The van der Waals surface area contributed by atoms with Crippen LogP contribution in [0, 0.1) is 11.7 Å². The van der Waals surface area contributed by atoms with Gasteiger partial charge < -0.3 is 18.9 Å². The molecule has 2 atom stereocenters. The largest absolute Gasteiger partial charge is 0.490 e. The van der Waals surface area contributed by atoms with E-state index in [4.69, 9.17) is 18.9 Å². The van der Waals surface area contributed by atoms with E-state index in [2.05, 4.69) is 14.7 Å². The number of aromatic nitrogens is 4. The lowest BCUT2D eigenvalue weighted by Gasteiger charge is -2.31. The van der Waals surface area contributed by atoms with Gasteiger partial charge in [-0.15, -0.1) is 0 Å². The van der Waals surface area contributed by atoms with Gasteiger partial charge in [0, 0.05) is 50.1 Å².